The molecule has 5 heteroatoms. The fourth-order valence-corrected chi connectivity index (χ4v) is 1.86. The molecule has 1 unspecified atom stereocenters. The summed E-state index contributed by atoms with van der Waals surface area (Å²) >= 11 is 0. The van der Waals surface area contributed by atoms with Gasteiger partial charge >= 0.3 is 5.97 Å². The zero-order valence-electron chi connectivity index (χ0n) is 9.32. The summed E-state index contributed by atoms with van der Waals surface area (Å²) in [5.41, 5.74) is 5.36. The van der Waals surface area contributed by atoms with Crippen molar-refractivity contribution >= 4 is 18.4 Å². The summed E-state index contributed by atoms with van der Waals surface area (Å²) in [6.45, 7) is 5.28. The monoisotopic (exact) mass is 237 g/mol. The highest BCUT2D eigenvalue weighted by molar-refractivity contribution is 5.85. The highest BCUT2D eigenvalue weighted by atomic mass is 35.5. The van der Waals surface area contributed by atoms with Gasteiger partial charge in [0, 0.05) is 19.3 Å². The predicted molar refractivity (Wildman–Crippen MR) is 60.0 cm³/mol. The highest BCUT2D eigenvalue weighted by Crippen LogP contribution is 2.34. The fourth-order valence-electron chi connectivity index (χ4n) is 1.86. The van der Waals surface area contributed by atoms with Crippen LogP contribution >= 0.6 is 12.4 Å². The Morgan fingerprint density at radius 3 is 2.47 bits per heavy atom. The molecule has 1 fully saturated rings. The van der Waals surface area contributed by atoms with E-state index in [4.69, 9.17) is 15.2 Å². The van der Waals surface area contributed by atoms with Gasteiger partial charge in [0.25, 0.3) is 0 Å². The Bertz CT molecular complexity index is 203. The summed E-state index contributed by atoms with van der Waals surface area (Å²) in [5, 5.41) is 0. The Balaban J connectivity index is 0.00000196. The lowest BCUT2D eigenvalue weighted by atomic mass is 9.75. The second-order valence-electron chi connectivity index (χ2n) is 3.78. The number of hydrogen-bond acceptors (Lipinski definition) is 4. The average molecular weight is 238 g/mol. The van der Waals surface area contributed by atoms with Crippen molar-refractivity contribution in [3.8, 4) is 0 Å². The van der Waals surface area contributed by atoms with E-state index in [2.05, 4.69) is 0 Å². The van der Waals surface area contributed by atoms with Crippen molar-refractivity contribution in [3.63, 3.8) is 0 Å². The van der Waals surface area contributed by atoms with E-state index in [1.54, 1.807) is 0 Å². The molecule has 0 aromatic carbocycles. The van der Waals surface area contributed by atoms with E-state index < -0.39 is 5.41 Å². The summed E-state index contributed by atoms with van der Waals surface area (Å²) in [4.78, 5) is 11.8. The van der Waals surface area contributed by atoms with Crippen LogP contribution in [-0.2, 0) is 14.3 Å². The molecule has 0 spiro atoms. The Hall–Kier alpha value is -0.320. The zero-order valence-corrected chi connectivity index (χ0v) is 10.1. The van der Waals surface area contributed by atoms with Gasteiger partial charge in [-0.2, -0.15) is 0 Å². The Labute approximate surface area is 96.9 Å². The average Bonchev–Trinajstić information content (AvgIpc) is 2.19. The Morgan fingerprint density at radius 2 is 2.07 bits per heavy atom. The van der Waals surface area contributed by atoms with E-state index in [0.717, 1.165) is 0 Å². The first-order valence-corrected chi connectivity index (χ1v) is 5.14. The molecule has 1 aliphatic rings. The smallest absolute Gasteiger partial charge is 0.313 e. The molecule has 15 heavy (non-hydrogen) atoms. The summed E-state index contributed by atoms with van der Waals surface area (Å²) in [7, 11) is 0. The van der Waals surface area contributed by atoms with Crippen molar-refractivity contribution < 1.29 is 14.3 Å². The molecule has 1 heterocycles. The topological polar surface area (TPSA) is 61.5 Å². The minimum atomic E-state index is -0.520. The highest BCUT2D eigenvalue weighted by Gasteiger charge is 2.44. The number of ether oxygens (including phenoxy) is 2. The zero-order chi connectivity index (χ0) is 10.6. The second kappa shape index (κ2) is 6.30. The molecular formula is C10H20ClNO3. The number of esters is 1. The largest absolute Gasteiger partial charge is 0.466 e. The molecule has 0 aromatic rings. The van der Waals surface area contributed by atoms with Crippen molar-refractivity contribution in [1.29, 1.82) is 0 Å². The molecular weight excluding hydrogens is 218 g/mol. The molecule has 0 amide bonds. The van der Waals surface area contributed by atoms with Gasteiger partial charge in [-0.3, -0.25) is 4.79 Å². The van der Waals surface area contributed by atoms with Crippen LogP contribution in [0.2, 0.25) is 0 Å². The number of carbonyl (C=O) groups is 1. The van der Waals surface area contributed by atoms with E-state index in [1.807, 2.05) is 13.8 Å². The SMILES string of the molecule is CCOC(=O)C1(C(C)N)CCOCC1.Cl. The molecule has 4 nitrogen and oxygen atoms in total. The van der Waals surface area contributed by atoms with E-state index in [0.29, 0.717) is 32.7 Å². The third kappa shape index (κ3) is 3.06. The van der Waals surface area contributed by atoms with E-state index in [-0.39, 0.29) is 24.4 Å². The van der Waals surface area contributed by atoms with Gasteiger partial charge in [-0.15, -0.1) is 12.4 Å². The third-order valence-electron chi connectivity index (χ3n) is 2.94. The lowest BCUT2D eigenvalue weighted by molar-refractivity contribution is -0.163. The van der Waals surface area contributed by atoms with Crippen molar-refractivity contribution in [2.75, 3.05) is 19.8 Å². The quantitative estimate of drug-likeness (QED) is 0.748. The van der Waals surface area contributed by atoms with Gasteiger partial charge in [0.15, 0.2) is 0 Å². The summed E-state index contributed by atoms with van der Waals surface area (Å²) < 4.78 is 10.3. The van der Waals surface area contributed by atoms with Crippen LogP contribution in [0.1, 0.15) is 26.7 Å². The maximum Gasteiger partial charge on any atom is 0.313 e. The van der Waals surface area contributed by atoms with E-state index in [1.165, 1.54) is 0 Å². The van der Waals surface area contributed by atoms with E-state index >= 15 is 0 Å². The number of halogens is 1. The van der Waals surface area contributed by atoms with Crippen LogP contribution in [0.15, 0.2) is 0 Å². The summed E-state index contributed by atoms with van der Waals surface area (Å²) in [6.07, 6.45) is 1.34. The first-order valence-electron chi connectivity index (χ1n) is 5.14. The predicted octanol–water partition coefficient (Wildman–Crippen LogP) is 1.12. The van der Waals surface area contributed by atoms with Gasteiger partial charge < -0.3 is 15.2 Å². The Morgan fingerprint density at radius 1 is 1.53 bits per heavy atom. The number of carbonyl (C=O) groups excluding carboxylic acids is 1. The minimum absolute atomic E-state index is 0. The van der Waals surface area contributed by atoms with Crippen LogP contribution in [0.25, 0.3) is 0 Å². The molecule has 0 radical (unpaired) electrons. The van der Waals surface area contributed by atoms with Crippen LogP contribution in [0.3, 0.4) is 0 Å². The maximum absolute atomic E-state index is 11.8. The molecule has 1 aliphatic heterocycles. The molecule has 0 aromatic heterocycles. The molecule has 1 atom stereocenters. The van der Waals surface area contributed by atoms with Gasteiger partial charge in [-0.05, 0) is 26.7 Å². The lowest BCUT2D eigenvalue weighted by Crippen LogP contribution is -2.50. The molecule has 1 saturated heterocycles. The first-order chi connectivity index (χ1) is 6.63. The molecule has 0 saturated carbocycles. The molecule has 0 aliphatic carbocycles. The third-order valence-corrected chi connectivity index (χ3v) is 2.94. The van der Waals surface area contributed by atoms with Crippen LogP contribution in [0.5, 0.6) is 0 Å². The van der Waals surface area contributed by atoms with Crippen LogP contribution in [0, 0.1) is 5.41 Å². The molecule has 90 valence electrons. The second-order valence-corrected chi connectivity index (χ2v) is 3.78. The van der Waals surface area contributed by atoms with Gasteiger partial charge in [-0.25, -0.2) is 0 Å². The fraction of sp³-hybridized carbons (Fsp3) is 0.900. The van der Waals surface area contributed by atoms with Crippen LogP contribution in [-0.4, -0.2) is 31.8 Å². The molecule has 0 bridgehead atoms. The normalized spacial score (nSPS) is 21.3. The number of hydrogen-bond donors (Lipinski definition) is 1. The van der Waals surface area contributed by atoms with Crippen LogP contribution in [0.4, 0.5) is 0 Å². The van der Waals surface area contributed by atoms with Crippen molar-refractivity contribution in [2.24, 2.45) is 11.1 Å². The molecule has 2 N–H and O–H groups in total. The van der Waals surface area contributed by atoms with Crippen molar-refractivity contribution in [3.05, 3.63) is 0 Å². The van der Waals surface area contributed by atoms with Gasteiger partial charge in [-0.1, -0.05) is 0 Å². The van der Waals surface area contributed by atoms with Gasteiger partial charge in [0.2, 0.25) is 0 Å². The number of rotatable bonds is 3. The van der Waals surface area contributed by atoms with Gasteiger partial charge in [0.05, 0.1) is 12.0 Å². The Kier molecular flexibility index (Phi) is 6.17. The van der Waals surface area contributed by atoms with Crippen molar-refractivity contribution in [1.82, 2.24) is 0 Å². The standard InChI is InChI=1S/C10H19NO3.ClH/c1-3-14-9(12)10(8(2)11)4-6-13-7-5-10;/h8H,3-7,11H2,1-2H3;1H. The lowest BCUT2D eigenvalue weighted by Gasteiger charge is -2.37. The molecule has 1 rings (SSSR count). The number of nitrogens with two attached hydrogens (primary N) is 1. The first kappa shape index (κ1) is 14.7. The van der Waals surface area contributed by atoms with Gasteiger partial charge in [0.1, 0.15) is 0 Å². The van der Waals surface area contributed by atoms with Crippen LogP contribution < -0.4 is 5.73 Å². The summed E-state index contributed by atoms with van der Waals surface area (Å²) in [6, 6.07) is -0.176. The van der Waals surface area contributed by atoms with Crippen molar-refractivity contribution in [2.45, 2.75) is 32.7 Å². The minimum Gasteiger partial charge on any atom is -0.466 e. The summed E-state index contributed by atoms with van der Waals surface area (Å²) in [5.74, 6) is -0.168. The van der Waals surface area contributed by atoms with E-state index in [9.17, 15) is 4.79 Å². The maximum atomic E-state index is 11.8.